The Morgan fingerprint density at radius 1 is 1.11 bits per heavy atom. The monoisotopic (exact) mass is 419 g/mol. The number of rotatable bonds is 8. The van der Waals surface area contributed by atoms with Crippen molar-refractivity contribution in [2.45, 2.75) is 11.3 Å². The van der Waals surface area contributed by atoms with Crippen LogP contribution < -0.4 is 14.8 Å². The number of nitrogens with zero attached hydrogens (tertiary/aromatic N) is 2. The fraction of sp³-hybridized carbons (Fsp3) is 0.211. The van der Waals surface area contributed by atoms with E-state index in [2.05, 4.69) is 15.5 Å². The second-order valence-corrected chi connectivity index (χ2v) is 7.19. The Labute approximate surface area is 171 Å². The first-order valence-electron chi connectivity index (χ1n) is 8.33. The molecule has 0 saturated carbocycles. The summed E-state index contributed by atoms with van der Waals surface area (Å²) in [6.45, 7) is 0. The summed E-state index contributed by atoms with van der Waals surface area (Å²) >= 11 is 7.42. The van der Waals surface area contributed by atoms with E-state index in [-0.39, 0.29) is 17.8 Å². The first-order valence-corrected chi connectivity index (χ1v) is 9.69. The number of ether oxygens (including phenoxy) is 2. The quantitative estimate of drug-likeness (QED) is 0.537. The highest BCUT2D eigenvalue weighted by Crippen LogP contribution is 2.32. The van der Waals surface area contributed by atoms with Crippen molar-refractivity contribution < 1.29 is 18.7 Å². The molecule has 3 aromatic rings. The van der Waals surface area contributed by atoms with Crippen LogP contribution in [0.4, 0.5) is 6.01 Å². The third-order valence-corrected chi connectivity index (χ3v) is 4.98. The molecule has 0 atom stereocenters. The Morgan fingerprint density at radius 2 is 1.86 bits per heavy atom. The van der Waals surface area contributed by atoms with Gasteiger partial charge in [-0.3, -0.25) is 10.1 Å². The highest BCUT2D eigenvalue weighted by Gasteiger charge is 2.14. The van der Waals surface area contributed by atoms with E-state index in [1.807, 2.05) is 24.3 Å². The van der Waals surface area contributed by atoms with Crippen LogP contribution in [0.5, 0.6) is 11.5 Å². The van der Waals surface area contributed by atoms with Crippen LogP contribution in [0.15, 0.2) is 51.8 Å². The summed E-state index contributed by atoms with van der Waals surface area (Å²) in [4.78, 5) is 13.1. The lowest BCUT2D eigenvalue weighted by molar-refractivity contribution is -0.115. The highest BCUT2D eigenvalue weighted by molar-refractivity contribution is 7.99. The van der Waals surface area contributed by atoms with Crippen molar-refractivity contribution in [1.29, 1.82) is 0 Å². The van der Waals surface area contributed by atoms with Gasteiger partial charge in [-0.05, 0) is 42.5 Å². The molecule has 7 nitrogen and oxygen atoms in total. The van der Waals surface area contributed by atoms with Crippen LogP contribution in [0.2, 0.25) is 5.02 Å². The zero-order chi connectivity index (χ0) is 19.9. The third kappa shape index (κ3) is 5.17. The summed E-state index contributed by atoms with van der Waals surface area (Å²) < 4.78 is 16.0. The molecule has 28 heavy (non-hydrogen) atoms. The molecule has 0 bridgehead atoms. The van der Waals surface area contributed by atoms with Crippen molar-refractivity contribution in [2.24, 2.45) is 0 Å². The molecule has 1 amide bonds. The molecule has 0 aliphatic rings. The van der Waals surface area contributed by atoms with Crippen molar-refractivity contribution in [3.05, 3.63) is 47.5 Å². The maximum absolute atomic E-state index is 12.1. The minimum absolute atomic E-state index is 0.0475. The number of thioether (sulfide) groups is 1. The highest BCUT2D eigenvalue weighted by atomic mass is 35.5. The number of amides is 1. The Hall–Kier alpha value is -2.71. The van der Waals surface area contributed by atoms with Gasteiger partial charge >= 0.3 is 6.01 Å². The number of halogens is 1. The van der Waals surface area contributed by atoms with Crippen molar-refractivity contribution in [3.8, 4) is 23.0 Å². The molecule has 0 spiro atoms. The predicted molar refractivity (Wildman–Crippen MR) is 108 cm³/mol. The van der Waals surface area contributed by atoms with E-state index >= 15 is 0 Å². The van der Waals surface area contributed by atoms with Crippen molar-refractivity contribution in [3.63, 3.8) is 0 Å². The molecular formula is C19H18ClN3O4S. The molecule has 146 valence electrons. The van der Waals surface area contributed by atoms with E-state index in [1.165, 1.54) is 0 Å². The second kappa shape index (κ2) is 9.48. The Balaban J connectivity index is 1.55. The van der Waals surface area contributed by atoms with Gasteiger partial charge < -0.3 is 13.9 Å². The molecule has 3 rings (SSSR count). The summed E-state index contributed by atoms with van der Waals surface area (Å²) in [5, 5.41) is 11.1. The molecule has 0 fully saturated rings. The van der Waals surface area contributed by atoms with E-state index in [9.17, 15) is 4.79 Å². The van der Waals surface area contributed by atoms with Gasteiger partial charge in [0.25, 0.3) is 0 Å². The zero-order valence-corrected chi connectivity index (χ0v) is 16.8. The number of nitrogens with one attached hydrogen (secondary N) is 1. The Bertz CT molecular complexity index is 947. The van der Waals surface area contributed by atoms with E-state index in [4.69, 9.17) is 25.5 Å². The Morgan fingerprint density at radius 3 is 2.57 bits per heavy atom. The van der Waals surface area contributed by atoms with Gasteiger partial charge in [0, 0.05) is 27.7 Å². The first kappa shape index (κ1) is 20.0. The number of carbonyl (C=O) groups excluding carboxylic acids is 1. The maximum atomic E-state index is 12.1. The van der Waals surface area contributed by atoms with Crippen LogP contribution >= 0.6 is 23.4 Å². The van der Waals surface area contributed by atoms with Crippen LogP contribution in [-0.4, -0.2) is 36.1 Å². The molecular weight excluding hydrogens is 402 g/mol. The maximum Gasteiger partial charge on any atom is 0.322 e. The van der Waals surface area contributed by atoms with E-state index in [1.54, 1.807) is 44.2 Å². The van der Waals surface area contributed by atoms with Crippen LogP contribution in [0, 0.1) is 0 Å². The normalized spacial score (nSPS) is 10.5. The molecule has 1 N–H and O–H groups in total. The number of carbonyl (C=O) groups is 1. The van der Waals surface area contributed by atoms with Crippen LogP contribution in [0.3, 0.4) is 0 Å². The largest absolute Gasteiger partial charge is 0.493 e. The number of hydrogen-bond donors (Lipinski definition) is 1. The van der Waals surface area contributed by atoms with E-state index in [0.29, 0.717) is 34.3 Å². The van der Waals surface area contributed by atoms with Gasteiger partial charge in [-0.2, -0.15) is 0 Å². The third-order valence-electron chi connectivity index (χ3n) is 3.71. The number of anilines is 1. The lowest BCUT2D eigenvalue weighted by Crippen LogP contribution is -2.12. The minimum Gasteiger partial charge on any atom is -0.493 e. The van der Waals surface area contributed by atoms with Gasteiger partial charge in [-0.15, -0.1) is 16.9 Å². The zero-order valence-electron chi connectivity index (χ0n) is 15.3. The summed E-state index contributed by atoms with van der Waals surface area (Å²) in [7, 11) is 3.10. The smallest absolute Gasteiger partial charge is 0.322 e. The fourth-order valence-electron chi connectivity index (χ4n) is 2.33. The predicted octanol–water partition coefficient (Wildman–Crippen LogP) is 4.53. The van der Waals surface area contributed by atoms with Gasteiger partial charge in [0.1, 0.15) is 0 Å². The van der Waals surface area contributed by atoms with Crippen LogP contribution in [0.1, 0.15) is 6.42 Å². The molecule has 0 aliphatic heterocycles. The second-order valence-electron chi connectivity index (χ2n) is 5.58. The summed E-state index contributed by atoms with van der Waals surface area (Å²) in [5.41, 5.74) is 0.656. The molecule has 0 saturated heterocycles. The molecule has 1 aromatic heterocycles. The number of hydrogen-bond acceptors (Lipinski definition) is 7. The van der Waals surface area contributed by atoms with Crippen molar-refractivity contribution >= 4 is 35.3 Å². The van der Waals surface area contributed by atoms with Gasteiger partial charge in [0.05, 0.1) is 14.2 Å². The van der Waals surface area contributed by atoms with Gasteiger partial charge in [-0.25, -0.2) is 0 Å². The topological polar surface area (TPSA) is 86.5 Å². The minimum atomic E-state index is -0.205. The fourth-order valence-corrected chi connectivity index (χ4v) is 3.31. The molecule has 9 heteroatoms. The lowest BCUT2D eigenvalue weighted by Gasteiger charge is -2.07. The lowest BCUT2D eigenvalue weighted by atomic mass is 10.2. The van der Waals surface area contributed by atoms with Gasteiger partial charge in [-0.1, -0.05) is 16.7 Å². The van der Waals surface area contributed by atoms with Crippen molar-refractivity contribution in [2.75, 3.05) is 25.3 Å². The van der Waals surface area contributed by atoms with E-state index < -0.39 is 0 Å². The molecule has 2 aromatic carbocycles. The SMILES string of the molecule is COc1ccc(-c2nnc(NC(=O)CCSc3ccc(Cl)cc3)o2)cc1OC. The van der Waals surface area contributed by atoms with Crippen molar-refractivity contribution in [1.82, 2.24) is 10.2 Å². The number of aromatic nitrogens is 2. The van der Waals surface area contributed by atoms with E-state index in [0.717, 1.165) is 4.90 Å². The summed E-state index contributed by atoms with van der Waals surface area (Å²) in [6, 6.07) is 12.7. The first-order chi connectivity index (χ1) is 13.6. The Kier molecular flexibility index (Phi) is 6.78. The number of methoxy groups -OCH3 is 2. The molecule has 0 aliphatic carbocycles. The van der Waals surface area contributed by atoms with Gasteiger partial charge in [0.2, 0.25) is 11.8 Å². The van der Waals surface area contributed by atoms with Crippen LogP contribution in [-0.2, 0) is 4.79 Å². The number of benzene rings is 2. The van der Waals surface area contributed by atoms with Gasteiger partial charge in [0.15, 0.2) is 11.5 Å². The summed E-state index contributed by atoms with van der Waals surface area (Å²) in [6.07, 6.45) is 0.307. The molecule has 1 heterocycles. The average Bonchev–Trinajstić information content (AvgIpc) is 3.17. The molecule has 0 unspecified atom stereocenters. The molecule has 0 radical (unpaired) electrons. The van der Waals surface area contributed by atoms with Crippen LogP contribution in [0.25, 0.3) is 11.5 Å². The standard InChI is InChI=1S/C19H18ClN3O4S/c1-25-15-8-3-12(11-16(15)26-2)18-22-23-19(27-18)21-17(24)9-10-28-14-6-4-13(20)5-7-14/h3-8,11H,9-10H2,1-2H3,(H,21,23,24). The average molecular weight is 420 g/mol. The summed E-state index contributed by atoms with van der Waals surface area (Å²) in [5.74, 6) is 1.82.